The lowest BCUT2D eigenvalue weighted by molar-refractivity contribution is -0.111. The van der Waals surface area contributed by atoms with Crippen LogP contribution < -0.4 is 0 Å². The maximum Gasteiger partial charge on any atom is 0.192 e. The van der Waals surface area contributed by atoms with Gasteiger partial charge in [0.25, 0.3) is 0 Å². The molecule has 1 rings (SSSR count). The molecule has 0 aromatic carbocycles. The van der Waals surface area contributed by atoms with Crippen LogP contribution in [0.1, 0.15) is 61.3 Å². The fraction of sp³-hybridized carbons (Fsp3) is 0.450. The molecule has 0 atom stereocenters. The summed E-state index contributed by atoms with van der Waals surface area (Å²) in [6.45, 7) is 17.5. The second-order valence-corrected chi connectivity index (χ2v) is 3.33. The second kappa shape index (κ2) is 20.7. The van der Waals surface area contributed by atoms with E-state index in [0.29, 0.717) is 5.57 Å². The molecule has 0 saturated heterocycles. The van der Waals surface area contributed by atoms with Gasteiger partial charge in [0.05, 0.1) is 0 Å². The average Bonchev–Trinajstić information content (AvgIpc) is 2.60. The Hall–Kier alpha value is -1.63. The molecule has 0 amide bonds. The van der Waals surface area contributed by atoms with E-state index in [1.165, 1.54) is 0 Å². The molecule has 0 radical (unpaired) electrons. The summed E-state index contributed by atoms with van der Waals surface area (Å²) in [5.41, 5.74) is 1.47. The molecule has 1 heteroatoms. The lowest BCUT2D eigenvalue weighted by Crippen LogP contribution is -2.04. The Morgan fingerprint density at radius 3 is 2.05 bits per heavy atom. The molecule has 0 aliphatic heterocycles. The highest BCUT2D eigenvalue weighted by atomic mass is 16.1. The number of rotatable bonds is 4. The van der Waals surface area contributed by atoms with Crippen LogP contribution in [0, 0.1) is 0 Å². The fourth-order valence-electron chi connectivity index (χ4n) is 1.46. The van der Waals surface area contributed by atoms with E-state index < -0.39 is 0 Å². The van der Waals surface area contributed by atoms with Crippen molar-refractivity contribution in [2.75, 3.05) is 0 Å². The van der Waals surface area contributed by atoms with Gasteiger partial charge < -0.3 is 0 Å². The number of hydrogen-bond acceptors (Lipinski definition) is 1. The Balaban J connectivity index is -0.000000478. The van der Waals surface area contributed by atoms with E-state index >= 15 is 0 Å². The van der Waals surface area contributed by atoms with Crippen LogP contribution >= 0.6 is 0 Å². The Bertz CT molecular complexity index is 365. The molecule has 0 saturated carbocycles. The van der Waals surface area contributed by atoms with E-state index in [1.807, 2.05) is 78.8 Å². The minimum atomic E-state index is 0.0731. The highest BCUT2D eigenvalue weighted by Gasteiger charge is 2.10. The predicted octanol–water partition coefficient (Wildman–Crippen LogP) is 6.60. The normalized spacial score (nSPS) is 12.7. The smallest absolute Gasteiger partial charge is 0.192 e. The number of allylic oxidation sites excluding steroid dienone is 9. The van der Waals surface area contributed by atoms with Crippen LogP contribution in [-0.4, -0.2) is 5.78 Å². The zero-order valence-electron chi connectivity index (χ0n) is 15.1. The van der Waals surface area contributed by atoms with Crippen molar-refractivity contribution in [3.63, 3.8) is 0 Å². The van der Waals surface area contributed by atoms with Crippen molar-refractivity contribution in [1.82, 2.24) is 0 Å². The van der Waals surface area contributed by atoms with Crippen molar-refractivity contribution in [1.29, 1.82) is 0 Å². The molecule has 1 aliphatic rings. The number of carbonyl (C=O) groups is 1. The van der Waals surface area contributed by atoms with Crippen molar-refractivity contribution in [3.8, 4) is 0 Å². The van der Waals surface area contributed by atoms with E-state index in [4.69, 9.17) is 0 Å². The molecule has 1 nitrogen and oxygen atoms in total. The first-order valence-corrected chi connectivity index (χ1v) is 8.16. The minimum absolute atomic E-state index is 0.0731. The van der Waals surface area contributed by atoms with Gasteiger partial charge in [-0.05, 0) is 19.8 Å². The van der Waals surface area contributed by atoms with Crippen molar-refractivity contribution in [2.45, 2.75) is 61.3 Å². The van der Waals surface area contributed by atoms with E-state index in [0.717, 1.165) is 18.4 Å². The molecule has 0 unspecified atom stereocenters. The van der Waals surface area contributed by atoms with E-state index in [9.17, 15) is 4.79 Å². The zero-order valence-corrected chi connectivity index (χ0v) is 15.1. The average molecular weight is 290 g/mol. The van der Waals surface area contributed by atoms with Gasteiger partial charge in [0.2, 0.25) is 0 Å². The van der Waals surface area contributed by atoms with Crippen molar-refractivity contribution >= 4 is 5.78 Å². The molecular formula is C20H34O. The maximum atomic E-state index is 12.0. The molecular weight excluding hydrogens is 256 g/mol. The molecule has 21 heavy (non-hydrogen) atoms. The van der Waals surface area contributed by atoms with Crippen LogP contribution in [0.4, 0.5) is 0 Å². The molecule has 0 fully saturated rings. The van der Waals surface area contributed by atoms with Gasteiger partial charge >= 0.3 is 0 Å². The summed E-state index contributed by atoms with van der Waals surface area (Å²) in [4.78, 5) is 12.0. The van der Waals surface area contributed by atoms with E-state index in [2.05, 4.69) is 6.58 Å². The van der Waals surface area contributed by atoms with Gasteiger partial charge in [-0.15, -0.1) is 0 Å². The van der Waals surface area contributed by atoms with Gasteiger partial charge in [0.15, 0.2) is 5.78 Å². The fourth-order valence-corrected chi connectivity index (χ4v) is 1.46. The SMILES string of the molecule is C=C/C=C(\C=C/C)C(=O)C1=CCCC=C1.CC.CC.CC. The van der Waals surface area contributed by atoms with Gasteiger partial charge in [-0.2, -0.15) is 0 Å². The first-order chi connectivity index (χ1) is 10.3. The van der Waals surface area contributed by atoms with Gasteiger partial charge in [0, 0.05) is 11.1 Å². The topological polar surface area (TPSA) is 17.1 Å². The lowest BCUT2D eigenvalue weighted by Gasteiger charge is -2.06. The Morgan fingerprint density at radius 1 is 1.10 bits per heavy atom. The van der Waals surface area contributed by atoms with Crippen molar-refractivity contribution < 1.29 is 4.79 Å². The van der Waals surface area contributed by atoms with Gasteiger partial charge in [-0.1, -0.05) is 90.7 Å². The Kier molecular flexibility index (Phi) is 24.0. The quantitative estimate of drug-likeness (QED) is 0.421. The molecule has 0 spiro atoms. The van der Waals surface area contributed by atoms with Gasteiger partial charge in [-0.3, -0.25) is 4.79 Å². The molecule has 0 heterocycles. The molecule has 0 aromatic rings. The second-order valence-electron chi connectivity index (χ2n) is 3.33. The highest BCUT2D eigenvalue weighted by Crippen LogP contribution is 2.15. The number of carbonyl (C=O) groups excluding carboxylic acids is 1. The molecule has 0 aromatic heterocycles. The summed E-state index contributed by atoms with van der Waals surface area (Å²) in [6.07, 6.45) is 15.0. The molecule has 1 aliphatic carbocycles. The Labute approximate surface area is 132 Å². The van der Waals surface area contributed by atoms with Crippen LogP contribution in [0.5, 0.6) is 0 Å². The number of Topliss-reactive ketones (excluding diaryl/α,β-unsaturated/α-hetero) is 1. The van der Waals surface area contributed by atoms with Gasteiger partial charge in [0.1, 0.15) is 0 Å². The third kappa shape index (κ3) is 11.9. The Morgan fingerprint density at radius 2 is 1.67 bits per heavy atom. The summed E-state index contributed by atoms with van der Waals surface area (Å²) in [6, 6.07) is 0. The number of ketones is 1. The van der Waals surface area contributed by atoms with Crippen LogP contribution in [0.3, 0.4) is 0 Å². The van der Waals surface area contributed by atoms with E-state index in [-0.39, 0.29) is 5.78 Å². The largest absolute Gasteiger partial charge is 0.289 e. The van der Waals surface area contributed by atoms with Crippen LogP contribution in [0.15, 0.2) is 60.3 Å². The maximum absolute atomic E-state index is 12.0. The number of hydrogen-bond donors (Lipinski definition) is 0. The monoisotopic (exact) mass is 290 g/mol. The summed E-state index contributed by atoms with van der Waals surface area (Å²) in [5, 5.41) is 0. The predicted molar refractivity (Wildman–Crippen MR) is 98.6 cm³/mol. The molecule has 120 valence electrons. The first kappa shape index (κ1) is 24.4. The third-order valence-electron chi connectivity index (χ3n) is 2.16. The standard InChI is InChI=1S/C14H16O.3C2H6/c1-3-8-12(9-4-2)14(15)13-10-6-5-7-11-13;3*1-2/h3-4,6,8-11H,1,5,7H2,2H3;3*1-2H3/b9-4-,12-8+;;;. The summed E-state index contributed by atoms with van der Waals surface area (Å²) >= 11 is 0. The van der Waals surface area contributed by atoms with E-state index in [1.54, 1.807) is 12.2 Å². The van der Waals surface area contributed by atoms with Crippen molar-refractivity contribution in [3.05, 3.63) is 60.3 Å². The molecule has 0 N–H and O–H groups in total. The third-order valence-corrected chi connectivity index (χ3v) is 2.16. The summed E-state index contributed by atoms with van der Waals surface area (Å²) in [5.74, 6) is 0.0731. The van der Waals surface area contributed by atoms with Gasteiger partial charge in [-0.25, -0.2) is 0 Å². The lowest BCUT2D eigenvalue weighted by atomic mass is 9.98. The summed E-state index contributed by atoms with van der Waals surface area (Å²) < 4.78 is 0. The highest BCUT2D eigenvalue weighted by molar-refractivity contribution is 6.12. The first-order valence-electron chi connectivity index (χ1n) is 8.16. The van der Waals surface area contributed by atoms with Crippen LogP contribution in [0.25, 0.3) is 0 Å². The van der Waals surface area contributed by atoms with Crippen LogP contribution in [0.2, 0.25) is 0 Å². The summed E-state index contributed by atoms with van der Waals surface area (Å²) in [7, 11) is 0. The van der Waals surface area contributed by atoms with Crippen LogP contribution in [-0.2, 0) is 4.79 Å². The zero-order chi connectivity index (χ0) is 17.1. The minimum Gasteiger partial charge on any atom is -0.289 e. The molecule has 0 bridgehead atoms. The van der Waals surface area contributed by atoms with Crippen molar-refractivity contribution in [2.24, 2.45) is 0 Å².